The van der Waals surface area contributed by atoms with Gasteiger partial charge in [0.25, 0.3) is 0 Å². The molecule has 3 nitrogen and oxygen atoms in total. The third kappa shape index (κ3) is 1.55. The predicted molar refractivity (Wildman–Crippen MR) is 51.6 cm³/mol. The molecule has 1 N–H and O–H groups in total. The molecule has 0 aliphatic carbocycles. The average molecular weight is 194 g/mol. The van der Waals surface area contributed by atoms with Crippen LogP contribution in [0.5, 0.6) is 0 Å². The largest absolute Gasteiger partial charge is 0.276 e. The number of nitrogens with zero attached hydrogens (tertiary/aromatic N) is 2. The summed E-state index contributed by atoms with van der Waals surface area (Å²) in [5, 5.41) is 7.39. The Balaban J connectivity index is 2.49. The fourth-order valence-electron chi connectivity index (χ4n) is 1.05. The molecule has 0 atom stereocenters. The SMILES string of the molecule is Cc1cnc(-c2ccn[nH]2)cc1Cl. The molecule has 0 spiro atoms. The van der Waals surface area contributed by atoms with Crippen molar-refractivity contribution in [1.29, 1.82) is 0 Å². The predicted octanol–water partition coefficient (Wildman–Crippen LogP) is 2.43. The van der Waals surface area contributed by atoms with Crippen LogP contribution in [0.2, 0.25) is 5.02 Å². The summed E-state index contributed by atoms with van der Waals surface area (Å²) in [5.41, 5.74) is 2.67. The van der Waals surface area contributed by atoms with Crippen LogP contribution in [0.3, 0.4) is 0 Å². The molecular weight excluding hydrogens is 186 g/mol. The summed E-state index contributed by atoms with van der Waals surface area (Å²) in [6, 6.07) is 3.68. The quantitative estimate of drug-likeness (QED) is 0.756. The molecule has 0 amide bonds. The summed E-state index contributed by atoms with van der Waals surface area (Å²) in [5.74, 6) is 0. The summed E-state index contributed by atoms with van der Waals surface area (Å²) in [4.78, 5) is 4.23. The molecule has 0 unspecified atom stereocenters. The van der Waals surface area contributed by atoms with E-state index >= 15 is 0 Å². The Morgan fingerprint density at radius 2 is 2.31 bits per heavy atom. The lowest BCUT2D eigenvalue weighted by Crippen LogP contribution is -1.85. The first-order valence-corrected chi connectivity index (χ1v) is 4.27. The number of aromatic amines is 1. The van der Waals surface area contributed by atoms with E-state index in [0.29, 0.717) is 0 Å². The third-order valence-corrected chi connectivity index (χ3v) is 2.22. The number of hydrogen-bond acceptors (Lipinski definition) is 2. The molecular formula is C9H8ClN3. The van der Waals surface area contributed by atoms with Gasteiger partial charge in [0.2, 0.25) is 0 Å². The second kappa shape index (κ2) is 3.18. The molecule has 0 radical (unpaired) electrons. The molecule has 0 saturated heterocycles. The van der Waals surface area contributed by atoms with Crippen molar-refractivity contribution in [2.45, 2.75) is 6.92 Å². The van der Waals surface area contributed by atoms with E-state index in [0.717, 1.165) is 22.0 Å². The van der Waals surface area contributed by atoms with E-state index in [1.807, 2.05) is 19.1 Å². The number of aryl methyl sites for hydroxylation is 1. The number of aromatic nitrogens is 3. The second-order valence-electron chi connectivity index (χ2n) is 2.79. The Bertz CT molecular complexity index is 409. The normalized spacial score (nSPS) is 10.3. The summed E-state index contributed by atoms with van der Waals surface area (Å²) < 4.78 is 0. The van der Waals surface area contributed by atoms with E-state index in [9.17, 15) is 0 Å². The second-order valence-corrected chi connectivity index (χ2v) is 3.20. The molecule has 2 rings (SSSR count). The fraction of sp³-hybridized carbons (Fsp3) is 0.111. The van der Waals surface area contributed by atoms with Crippen LogP contribution < -0.4 is 0 Å². The van der Waals surface area contributed by atoms with Crippen molar-refractivity contribution in [2.24, 2.45) is 0 Å². The fourth-order valence-corrected chi connectivity index (χ4v) is 1.20. The van der Waals surface area contributed by atoms with Crippen LogP contribution in [0.15, 0.2) is 24.5 Å². The number of nitrogens with one attached hydrogen (secondary N) is 1. The maximum Gasteiger partial charge on any atom is 0.0895 e. The Labute approximate surface area is 80.8 Å². The highest BCUT2D eigenvalue weighted by atomic mass is 35.5. The molecule has 0 fully saturated rings. The lowest BCUT2D eigenvalue weighted by molar-refractivity contribution is 1.08. The highest BCUT2D eigenvalue weighted by Crippen LogP contribution is 2.20. The summed E-state index contributed by atoms with van der Waals surface area (Å²) in [7, 11) is 0. The standard InChI is InChI=1S/C9H8ClN3/c1-6-5-11-9(4-7(6)10)8-2-3-12-13-8/h2-5H,1H3,(H,12,13). The maximum absolute atomic E-state index is 5.96. The highest BCUT2D eigenvalue weighted by molar-refractivity contribution is 6.31. The van der Waals surface area contributed by atoms with E-state index in [-0.39, 0.29) is 0 Å². The summed E-state index contributed by atoms with van der Waals surface area (Å²) >= 11 is 5.96. The Kier molecular flexibility index (Phi) is 2.02. The van der Waals surface area contributed by atoms with E-state index in [2.05, 4.69) is 15.2 Å². The van der Waals surface area contributed by atoms with E-state index in [1.165, 1.54) is 0 Å². The molecule has 0 aromatic carbocycles. The van der Waals surface area contributed by atoms with Crippen molar-refractivity contribution in [3.05, 3.63) is 35.1 Å². The molecule has 66 valence electrons. The Hall–Kier alpha value is -1.35. The van der Waals surface area contributed by atoms with Crippen LogP contribution in [-0.4, -0.2) is 15.2 Å². The van der Waals surface area contributed by atoms with Gasteiger partial charge in [-0.1, -0.05) is 11.6 Å². The molecule has 0 saturated carbocycles. The first kappa shape index (κ1) is 8.26. The first-order valence-electron chi connectivity index (χ1n) is 3.89. The topological polar surface area (TPSA) is 41.6 Å². The monoisotopic (exact) mass is 193 g/mol. The lowest BCUT2D eigenvalue weighted by Gasteiger charge is -1.99. The van der Waals surface area contributed by atoms with Crippen LogP contribution in [0.25, 0.3) is 11.4 Å². The number of halogens is 1. The maximum atomic E-state index is 5.96. The van der Waals surface area contributed by atoms with E-state index in [1.54, 1.807) is 12.4 Å². The van der Waals surface area contributed by atoms with Gasteiger partial charge in [-0.15, -0.1) is 0 Å². The van der Waals surface area contributed by atoms with Gasteiger partial charge in [-0.25, -0.2) is 0 Å². The zero-order chi connectivity index (χ0) is 9.26. The van der Waals surface area contributed by atoms with Crippen molar-refractivity contribution in [3.63, 3.8) is 0 Å². The zero-order valence-corrected chi connectivity index (χ0v) is 7.84. The van der Waals surface area contributed by atoms with Crippen molar-refractivity contribution < 1.29 is 0 Å². The molecule has 13 heavy (non-hydrogen) atoms. The zero-order valence-electron chi connectivity index (χ0n) is 7.08. The van der Waals surface area contributed by atoms with Crippen molar-refractivity contribution in [3.8, 4) is 11.4 Å². The van der Waals surface area contributed by atoms with Crippen molar-refractivity contribution >= 4 is 11.6 Å². The number of hydrogen-bond donors (Lipinski definition) is 1. The molecule has 0 aliphatic heterocycles. The van der Waals surface area contributed by atoms with Crippen LogP contribution in [0, 0.1) is 6.92 Å². The van der Waals surface area contributed by atoms with Crippen LogP contribution in [-0.2, 0) is 0 Å². The molecule has 2 aromatic heterocycles. The molecule has 4 heteroatoms. The Morgan fingerprint density at radius 3 is 2.92 bits per heavy atom. The van der Waals surface area contributed by atoms with Gasteiger partial charge in [0.05, 0.1) is 11.4 Å². The van der Waals surface area contributed by atoms with Crippen molar-refractivity contribution in [2.75, 3.05) is 0 Å². The summed E-state index contributed by atoms with van der Waals surface area (Å²) in [6.07, 6.45) is 3.43. The van der Waals surface area contributed by atoms with Gasteiger partial charge in [-0.3, -0.25) is 10.1 Å². The Morgan fingerprint density at radius 1 is 1.46 bits per heavy atom. The van der Waals surface area contributed by atoms with Crippen LogP contribution in [0.4, 0.5) is 0 Å². The minimum Gasteiger partial charge on any atom is -0.276 e. The van der Waals surface area contributed by atoms with Crippen LogP contribution in [0.1, 0.15) is 5.56 Å². The van der Waals surface area contributed by atoms with E-state index < -0.39 is 0 Å². The number of rotatable bonds is 1. The number of H-pyrrole nitrogens is 1. The first-order chi connectivity index (χ1) is 6.27. The smallest absolute Gasteiger partial charge is 0.0895 e. The average Bonchev–Trinajstić information content (AvgIpc) is 2.62. The van der Waals surface area contributed by atoms with Gasteiger partial charge in [0.1, 0.15) is 0 Å². The van der Waals surface area contributed by atoms with Gasteiger partial charge in [-0.2, -0.15) is 5.10 Å². The van der Waals surface area contributed by atoms with E-state index in [4.69, 9.17) is 11.6 Å². The van der Waals surface area contributed by atoms with Gasteiger partial charge < -0.3 is 0 Å². The van der Waals surface area contributed by atoms with Gasteiger partial charge in [-0.05, 0) is 24.6 Å². The molecule has 2 aromatic rings. The molecule has 0 bridgehead atoms. The lowest BCUT2D eigenvalue weighted by atomic mass is 10.2. The third-order valence-electron chi connectivity index (χ3n) is 1.81. The van der Waals surface area contributed by atoms with Crippen molar-refractivity contribution in [1.82, 2.24) is 15.2 Å². The molecule has 0 aliphatic rings. The van der Waals surface area contributed by atoms with Crippen LogP contribution >= 0.6 is 11.6 Å². The number of pyridine rings is 1. The van der Waals surface area contributed by atoms with Gasteiger partial charge in [0, 0.05) is 17.4 Å². The summed E-state index contributed by atoms with van der Waals surface area (Å²) in [6.45, 7) is 1.92. The molecule has 2 heterocycles. The highest BCUT2D eigenvalue weighted by Gasteiger charge is 2.02. The minimum atomic E-state index is 0.722. The van der Waals surface area contributed by atoms with Gasteiger partial charge >= 0.3 is 0 Å². The minimum absolute atomic E-state index is 0.722. The van der Waals surface area contributed by atoms with Gasteiger partial charge in [0.15, 0.2) is 0 Å².